The second-order valence-electron chi connectivity index (χ2n) is 12.2. The summed E-state index contributed by atoms with van der Waals surface area (Å²) in [6.07, 6.45) is 11.2. The molecule has 5 nitrogen and oxygen atoms in total. The molecule has 1 atom stereocenters. The molecule has 0 bridgehead atoms. The molecule has 1 saturated heterocycles. The number of benzene rings is 2. The number of fused-ring (bicyclic) bond motifs is 3. The predicted molar refractivity (Wildman–Crippen MR) is 152 cm³/mol. The fourth-order valence-electron chi connectivity index (χ4n) is 7.84. The van der Waals surface area contributed by atoms with E-state index in [4.69, 9.17) is 0 Å². The Morgan fingerprint density at radius 3 is 2.37 bits per heavy atom. The molecule has 0 N–H and O–H groups in total. The van der Waals surface area contributed by atoms with E-state index in [9.17, 15) is 9.59 Å². The van der Waals surface area contributed by atoms with E-state index in [0.717, 1.165) is 76.9 Å². The predicted octanol–water partition coefficient (Wildman–Crippen LogP) is 5.87. The SMILES string of the molecule is CC(=O)N1CC2(CCN(CCC3c4ccccc4CCN3C(=O)C3CCCCCC3)CC2)c2ccccc21. The number of nitrogens with zero attached hydrogens (tertiary/aromatic N) is 3. The molecule has 3 aliphatic heterocycles. The monoisotopic (exact) mass is 513 g/mol. The minimum atomic E-state index is 0.0810. The molecule has 5 heteroatoms. The third kappa shape index (κ3) is 4.79. The number of hydrogen-bond acceptors (Lipinski definition) is 3. The second-order valence-corrected chi connectivity index (χ2v) is 12.2. The average Bonchev–Trinajstić information content (AvgIpc) is 3.08. The van der Waals surface area contributed by atoms with Crippen LogP contribution in [-0.2, 0) is 21.4 Å². The Morgan fingerprint density at radius 1 is 0.895 bits per heavy atom. The first-order chi connectivity index (χ1) is 18.6. The first kappa shape index (κ1) is 25.6. The van der Waals surface area contributed by atoms with Gasteiger partial charge in [-0.1, -0.05) is 68.1 Å². The molecule has 6 rings (SSSR count). The van der Waals surface area contributed by atoms with Crippen LogP contribution >= 0.6 is 0 Å². The highest BCUT2D eigenvalue weighted by atomic mass is 16.2. The maximum absolute atomic E-state index is 13.8. The Kier molecular flexibility index (Phi) is 7.31. The van der Waals surface area contributed by atoms with Gasteiger partial charge >= 0.3 is 0 Å². The number of likely N-dealkylation sites (tertiary alicyclic amines) is 1. The van der Waals surface area contributed by atoms with Gasteiger partial charge in [-0.2, -0.15) is 0 Å². The smallest absolute Gasteiger partial charge is 0.226 e. The fraction of sp³-hybridized carbons (Fsp3) is 0.576. The fourth-order valence-corrected chi connectivity index (χ4v) is 7.84. The highest BCUT2D eigenvalue weighted by Crippen LogP contribution is 2.47. The van der Waals surface area contributed by atoms with Crippen molar-refractivity contribution >= 4 is 17.5 Å². The quantitative estimate of drug-likeness (QED) is 0.480. The largest absolute Gasteiger partial charge is 0.335 e. The van der Waals surface area contributed by atoms with E-state index < -0.39 is 0 Å². The zero-order valence-electron chi connectivity index (χ0n) is 23.0. The number of hydrogen-bond donors (Lipinski definition) is 0. The molecule has 1 aliphatic carbocycles. The van der Waals surface area contributed by atoms with Crippen LogP contribution in [0.4, 0.5) is 5.69 Å². The van der Waals surface area contributed by atoms with E-state index >= 15 is 0 Å². The molecule has 0 radical (unpaired) electrons. The van der Waals surface area contributed by atoms with E-state index in [0.29, 0.717) is 5.91 Å². The zero-order valence-corrected chi connectivity index (χ0v) is 23.0. The number of amides is 2. The van der Waals surface area contributed by atoms with Gasteiger partial charge < -0.3 is 14.7 Å². The summed E-state index contributed by atoms with van der Waals surface area (Å²) < 4.78 is 0. The van der Waals surface area contributed by atoms with E-state index in [1.807, 2.05) is 11.0 Å². The van der Waals surface area contributed by atoms with Crippen molar-refractivity contribution in [2.75, 3.05) is 37.6 Å². The molecule has 202 valence electrons. The van der Waals surface area contributed by atoms with Gasteiger partial charge in [-0.3, -0.25) is 9.59 Å². The van der Waals surface area contributed by atoms with Gasteiger partial charge in [-0.15, -0.1) is 0 Å². The molecule has 4 aliphatic rings. The lowest BCUT2D eigenvalue weighted by atomic mass is 9.74. The maximum atomic E-state index is 13.8. The van der Waals surface area contributed by atoms with Crippen molar-refractivity contribution in [3.63, 3.8) is 0 Å². The van der Waals surface area contributed by atoms with Gasteiger partial charge in [0.1, 0.15) is 0 Å². The number of anilines is 1. The lowest BCUT2D eigenvalue weighted by Crippen LogP contribution is -2.47. The van der Waals surface area contributed by atoms with Crippen LogP contribution in [0.2, 0.25) is 0 Å². The molecule has 3 heterocycles. The molecule has 2 fully saturated rings. The number of para-hydroxylation sites is 1. The minimum absolute atomic E-state index is 0.0810. The van der Waals surface area contributed by atoms with Gasteiger partial charge in [0.2, 0.25) is 11.8 Å². The molecule has 38 heavy (non-hydrogen) atoms. The van der Waals surface area contributed by atoms with Crippen LogP contribution in [0.1, 0.15) is 87.4 Å². The van der Waals surface area contributed by atoms with Crippen LogP contribution in [0.3, 0.4) is 0 Å². The van der Waals surface area contributed by atoms with Crippen LogP contribution in [0.5, 0.6) is 0 Å². The summed E-state index contributed by atoms with van der Waals surface area (Å²) in [5, 5.41) is 0. The van der Waals surface area contributed by atoms with E-state index in [1.54, 1.807) is 6.92 Å². The lowest BCUT2D eigenvalue weighted by Gasteiger charge is -2.42. The van der Waals surface area contributed by atoms with Crippen molar-refractivity contribution in [2.24, 2.45) is 5.92 Å². The van der Waals surface area contributed by atoms with Crippen molar-refractivity contribution in [3.05, 3.63) is 65.2 Å². The Morgan fingerprint density at radius 2 is 1.61 bits per heavy atom. The number of piperidine rings is 1. The number of rotatable bonds is 4. The molecule has 1 saturated carbocycles. The Balaban J connectivity index is 1.15. The van der Waals surface area contributed by atoms with E-state index in [-0.39, 0.29) is 23.3 Å². The summed E-state index contributed by atoms with van der Waals surface area (Å²) in [6.45, 7) is 6.47. The Labute approximate surface area is 228 Å². The molecule has 1 unspecified atom stereocenters. The normalized spacial score (nSPS) is 23.7. The van der Waals surface area contributed by atoms with Gasteiger partial charge in [0.25, 0.3) is 0 Å². The number of carbonyl (C=O) groups is 2. The maximum Gasteiger partial charge on any atom is 0.226 e. The molecular formula is C33H43N3O2. The third-order valence-corrected chi connectivity index (χ3v) is 10.0. The van der Waals surface area contributed by atoms with Gasteiger partial charge in [-0.25, -0.2) is 0 Å². The van der Waals surface area contributed by atoms with Crippen LogP contribution in [0.25, 0.3) is 0 Å². The van der Waals surface area contributed by atoms with Crippen LogP contribution in [0, 0.1) is 5.92 Å². The lowest BCUT2D eigenvalue weighted by molar-refractivity contribution is -0.139. The molecule has 2 aromatic rings. The number of carbonyl (C=O) groups excluding carboxylic acids is 2. The summed E-state index contributed by atoms with van der Waals surface area (Å²) in [4.78, 5) is 33.1. The molecule has 0 aromatic heterocycles. The summed E-state index contributed by atoms with van der Waals surface area (Å²) >= 11 is 0. The molecule has 2 amide bonds. The minimum Gasteiger partial charge on any atom is -0.335 e. The first-order valence-electron chi connectivity index (χ1n) is 15.0. The van der Waals surface area contributed by atoms with E-state index in [2.05, 4.69) is 52.3 Å². The Hall–Kier alpha value is -2.66. The van der Waals surface area contributed by atoms with Gasteiger partial charge in [-0.05, 0) is 74.4 Å². The summed E-state index contributed by atoms with van der Waals surface area (Å²) in [7, 11) is 0. The van der Waals surface area contributed by atoms with Crippen molar-refractivity contribution in [1.82, 2.24) is 9.80 Å². The van der Waals surface area contributed by atoms with Crippen molar-refractivity contribution in [3.8, 4) is 0 Å². The van der Waals surface area contributed by atoms with Gasteiger partial charge in [0.05, 0.1) is 6.04 Å². The zero-order chi connectivity index (χ0) is 26.1. The van der Waals surface area contributed by atoms with Crippen molar-refractivity contribution < 1.29 is 9.59 Å². The van der Waals surface area contributed by atoms with Gasteiger partial charge in [0.15, 0.2) is 0 Å². The molecular weight excluding hydrogens is 470 g/mol. The topological polar surface area (TPSA) is 43.9 Å². The summed E-state index contributed by atoms with van der Waals surface area (Å²) in [5.74, 6) is 0.772. The van der Waals surface area contributed by atoms with Crippen LogP contribution in [0.15, 0.2) is 48.5 Å². The first-order valence-corrected chi connectivity index (χ1v) is 15.0. The highest BCUT2D eigenvalue weighted by molar-refractivity contribution is 5.94. The summed E-state index contributed by atoms with van der Waals surface area (Å²) in [5.41, 5.74) is 5.34. The van der Waals surface area contributed by atoms with Crippen LogP contribution < -0.4 is 4.90 Å². The second kappa shape index (κ2) is 10.8. The summed E-state index contributed by atoms with van der Waals surface area (Å²) in [6, 6.07) is 17.5. The third-order valence-electron chi connectivity index (χ3n) is 10.0. The highest BCUT2D eigenvalue weighted by Gasteiger charge is 2.45. The average molecular weight is 514 g/mol. The van der Waals surface area contributed by atoms with Gasteiger partial charge in [0, 0.05) is 43.6 Å². The molecule has 2 aromatic carbocycles. The van der Waals surface area contributed by atoms with Crippen molar-refractivity contribution in [2.45, 2.75) is 82.6 Å². The standard InChI is InChI=1S/C33H43N3O2/c1-25(37)36-24-33(29-14-8-9-15-31(29)36)18-22-34(23-19-33)20-17-30-28-13-7-6-10-26(28)16-21-35(30)32(38)27-11-4-2-3-5-12-27/h6-10,13-15,27,30H,2-5,11-12,16-24H2,1H3. The van der Waals surface area contributed by atoms with Crippen LogP contribution in [-0.4, -0.2) is 54.3 Å². The Bertz CT molecular complexity index is 1160. The molecule has 1 spiro atoms. The van der Waals surface area contributed by atoms with E-state index in [1.165, 1.54) is 42.4 Å². The van der Waals surface area contributed by atoms with Crippen molar-refractivity contribution in [1.29, 1.82) is 0 Å².